The Morgan fingerprint density at radius 2 is 1.73 bits per heavy atom. The van der Waals surface area contributed by atoms with Gasteiger partial charge in [0.2, 0.25) is 11.8 Å². The minimum absolute atomic E-state index is 0.0141. The van der Waals surface area contributed by atoms with Crippen LogP contribution in [-0.2, 0) is 9.59 Å². The molecular formula is C27H29ClN4O3S2. The molecule has 2 aliphatic rings. The first kappa shape index (κ1) is 25.9. The molecule has 3 amide bonds. The highest BCUT2D eigenvalue weighted by Crippen LogP contribution is 2.35. The third-order valence-electron chi connectivity index (χ3n) is 6.92. The van der Waals surface area contributed by atoms with E-state index in [0.29, 0.717) is 24.4 Å². The summed E-state index contributed by atoms with van der Waals surface area (Å²) in [5.41, 5.74) is 1.51. The van der Waals surface area contributed by atoms with E-state index in [1.165, 1.54) is 22.7 Å². The SMILES string of the molecule is CC(C(=O)Nc1ccc(N2CC(CNC(=O)c3ccc(-c4ccc(Cl)s4)s3)CC2=O)cc1)N1CCCC1. The second-order valence-electron chi connectivity index (χ2n) is 9.51. The molecule has 5 rings (SSSR count). The van der Waals surface area contributed by atoms with Crippen molar-refractivity contribution in [2.45, 2.75) is 32.2 Å². The van der Waals surface area contributed by atoms with Gasteiger partial charge in [0.1, 0.15) is 0 Å². The molecule has 1 aromatic carbocycles. The Balaban J connectivity index is 1.12. The average Bonchev–Trinajstić information content (AvgIpc) is 3.70. The summed E-state index contributed by atoms with van der Waals surface area (Å²) in [4.78, 5) is 44.6. The molecule has 2 saturated heterocycles. The highest BCUT2D eigenvalue weighted by Gasteiger charge is 2.31. The highest BCUT2D eigenvalue weighted by molar-refractivity contribution is 7.24. The number of rotatable bonds is 8. The van der Waals surface area contributed by atoms with Crippen molar-refractivity contribution in [1.82, 2.24) is 10.2 Å². The smallest absolute Gasteiger partial charge is 0.261 e. The van der Waals surface area contributed by atoms with E-state index in [9.17, 15) is 14.4 Å². The third-order valence-corrected chi connectivity index (χ3v) is 9.43. The van der Waals surface area contributed by atoms with Gasteiger partial charge < -0.3 is 15.5 Å². The van der Waals surface area contributed by atoms with Crippen molar-refractivity contribution in [3.63, 3.8) is 0 Å². The van der Waals surface area contributed by atoms with Crippen molar-refractivity contribution in [2.24, 2.45) is 5.92 Å². The van der Waals surface area contributed by atoms with Crippen molar-refractivity contribution in [1.29, 1.82) is 0 Å². The Kier molecular flexibility index (Phi) is 7.95. The Labute approximate surface area is 229 Å². The normalized spacial score (nSPS) is 18.8. The lowest BCUT2D eigenvalue weighted by molar-refractivity contribution is -0.120. The van der Waals surface area contributed by atoms with Crippen molar-refractivity contribution in [3.8, 4) is 9.75 Å². The van der Waals surface area contributed by atoms with Gasteiger partial charge in [-0.2, -0.15) is 0 Å². The molecule has 0 saturated carbocycles. The lowest BCUT2D eigenvalue weighted by atomic mass is 10.1. The van der Waals surface area contributed by atoms with Crippen LogP contribution in [0.15, 0.2) is 48.5 Å². The molecule has 2 aromatic heterocycles. The summed E-state index contributed by atoms with van der Waals surface area (Å²) in [5.74, 6) is -0.0767. The number of hydrogen-bond donors (Lipinski definition) is 2. The van der Waals surface area contributed by atoms with Crippen LogP contribution in [0.5, 0.6) is 0 Å². The van der Waals surface area contributed by atoms with E-state index in [-0.39, 0.29) is 29.7 Å². The van der Waals surface area contributed by atoms with Gasteiger partial charge in [-0.15, -0.1) is 22.7 Å². The molecule has 194 valence electrons. The summed E-state index contributed by atoms with van der Waals surface area (Å²) in [6, 6.07) is 14.8. The van der Waals surface area contributed by atoms with Gasteiger partial charge >= 0.3 is 0 Å². The minimum Gasteiger partial charge on any atom is -0.351 e. The zero-order valence-electron chi connectivity index (χ0n) is 20.5. The molecule has 10 heteroatoms. The number of hydrogen-bond acceptors (Lipinski definition) is 6. The maximum atomic E-state index is 12.7. The van der Waals surface area contributed by atoms with Crippen LogP contribution in [-0.4, -0.2) is 54.8 Å². The van der Waals surface area contributed by atoms with Crippen LogP contribution in [0.3, 0.4) is 0 Å². The first-order valence-corrected chi connectivity index (χ1v) is 14.5. The van der Waals surface area contributed by atoms with Crippen LogP contribution in [0.2, 0.25) is 4.34 Å². The molecule has 0 bridgehead atoms. The minimum atomic E-state index is -0.159. The number of nitrogens with zero attached hydrogens (tertiary/aromatic N) is 2. The van der Waals surface area contributed by atoms with E-state index < -0.39 is 0 Å². The fraction of sp³-hybridized carbons (Fsp3) is 0.370. The number of anilines is 2. The zero-order valence-corrected chi connectivity index (χ0v) is 22.9. The lowest BCUT2D eigenvalue weighted by Crippen LogP contribution is -2.40. The first-order chi connectivity index (χ1) is 17.9. The summed E-state index contributed by atoms with van der Waals surface area (Å²) < 4.78 is 0.719. The molecule has 2 atom stereocenters. The fourth-order valence-electron chi connectivity index (χ4n) is 4.80. The standard InChI is InChI=1S/C27H29ClN4O3S2/c1-17(31-12-2-3-13-31)26(34)30-19-4-6-20(7-5-19)32-16-18(14-25(32)33)15-29-27(35)23-9-8-21(36-23)22-10-11-24(28)37-22/h4-11,17-18H,2-3,12-16H2,1H3,(H,29,35)(H,30,34). The number of benzene rings is 1. The fourth-order valence-corrected chi connectivity index (χ4v) is 6.85. The molecular weight excluding hydrogens is 528 g/mol. The number of amides is 3. The second-order valence-corrected chi connectivity index (χ2v) is 12.3. The molecule has 2 unspecified atom stereocenters. The lowest BCUT2D eigenvalue weighted by Gasteiger charge is -2.23. The summed E-state index contributed by atoms with van der Waals surface area (Å²) in [6.07, 6.45) is 2.66. The maximum Gasteiger partial charge on any atom is 0.261 e. The molecule has 2 fully saturated rings. The molecule has 2 aliphatic heterocycles. The molecule has 0 radical (unpaired) electrons. The van der Waals surface area contributed by atoms with Crippen molar-refractivity contribution < 1.29 is 14.4 Å². The number of thiophene rings is 2. The number of carbonyl (C=O) groups excluding carboxylic acids is 3. The molecule has 7 nitrogen and oxygen atoms in total. The summed E-state index contributed by atoms with van der Waals surface area (Å²) >= 11 is 8.94. The first-order valence-electron chi connectivity index (χ1n) is 12.5. The van der Waals surface area contributed by atoms with Gasteiger partial charge in [0.15, 0.2) is 0 Å². The molecule has 3 aromatic rings. The molecule has 4 heterocycles. The third kappa shape index (κ3) is 6.06. The van der Waals surface area contributed by atoms with E-state index >= 15 is 0 Å². The van der Waals surface area contributed by atoms with Gasteiger partial charge in [0.05, 0.1) is 15.3 Å². The molecule has 0 spiro atoms. The number of nitrogens with one attached hydrogen (secondary N) is 2. The van der Waals surface area contributed by atoms with Crippen LogP contribution in [0.1, 0.15) is 35.9 Å². The summed E-state index contributed by atoms with van der Waals surface area (Å²) in [5, 5.41) is 5.97. The quantitative estimate of drug-likeness (QED) is 0.392. The summed E-state index contributed by atoms with van der Waals surface area (Å²) in [7, 11) is 0. The largest absolute Gasteiger partial charge is 0.351 e. The van der Waals surface area contributed by atoms with Gasteiger partial charge in [-0.1, -0.05) is 11.6 Å². The number of likely N-dealkylation sites (tertiary alicyclic amines) is 1. The van der Waals surface area contributed by atoms with Crippen LogP contribution in [0.4, 0.5) is 11.4 Å². The Bertz CT molecular complexity index is 1280. The maximum absolute atomic E-state index is 12.7. The monoisotopic (exact) mass is 556 g/mol. The second kappa shape index (κ2) is 11.3. The zero-order chi connectivity index (χ0) is 25.9. The van der Waals surface area contributed by atoms with Gasteiger partial charge in [-0.3, -0.25) is 19.3 Å². The van der Waals surface area contributed by atoms with Crippen molar-refractivity contribution in [2.75, 3.05) is 36.4 Å². The summed E-state index contributed by atoms with van der Waals surface area (Å²) in [6.45, 7) is 4.84. The van der Waals surface area contributed by atoms with Crippen molar-refractivity contribution in [3.05, 3.63) is 57.7 Å². The predicted octanol–water partition coefficient (Wildman–Crippen LogP) is 5.34. The highest BCUT2D eigenvalue weighted by atomic mass is 35.5. The van der Waals surface area contributed by atoms with E-state index in [2.05, 4.69) is 15.5 Å². The average molecular weight is 557 g/mol. The molecule has 2 N–H and O–H groups in total. The molecule has 37 heavy (non-hydrogen) atoms. The van der Waals surface area contributed by atoms with Crippen LogP contribution < -0.4 is 15.5 Å². The van der Waals surface area contributed by atoms with Gasteiger partial charge in [0, 0.05) is 46.6 Å². The van der Waals surface area contributed by atoms with Gasteiger partial charge in [-0.25, -0.2) is 0 Å². The van der Waals surface area contributed by atoms with Gasteiger partial charge in [-0.05, 0) is 81.4 Å². The predicted molar refractivity (Wildman–Crippen MR) is 151 cm³/mol. The number of halogens is 1. The van der Waals surface area contributed by atoms with Gasteiger partial charge in [0.25, 0.3) is 5.91 Å². The Morgan fingerprint density at radius 1 is 1.03 bits per heavy atom. The Morgan fingerprint density at radius 3 is 2.43 bits per heavy atom. The van der Waals surface area contributed by atoms with E-state index in [4.69, 9.17) is 11.6 Å². The van der Waals surface area contributed by atoms with E-state index in [1.54, 1.807) is 4.90 Å². The van der Waals surface area contributed by atoms with Crippen LogP contribution in [0.25, 0.3) is 9.75 Å². The molecule has 0 aliphatic carbocycles. The van der Waals surface area contributed by atoms with E-state index in [0.717, 1.165) is 51.4 Å². The topological polar surface area (TPSA) is 81.8 Å². The van der Waals surface area contributed by atoms with E-state index in [1.807, 2.05) is 55.5 Å². The van der Waals surface area contributed by atoms with Crippen LogP contribution >= 0.6 is 34.3 Å². The van der Waals surface area contributed by atoms with Crippen molar-refractivity contribution >= 4 is 63.4 Å². The van der Waals surface area contributed by atoms with Crippen LogP contribution in [0, 0.1) is 5.92 Å². The Hall–Kier alpha value is -2.72. The number of carbonyl (C=O) groups is 3.